The first-order valence-electron chi connectivity index (χ1n) is 6.86. The quantitative estimate of drug-likeness (QED) is 0.758. The maximum absolute atomic E-state index is 3.70. The Morgan fingerprint density at radius 3 is 2.93 bits per heavy atom. The monoisotopic (exact) mass is 208 g/mol. The molecule has 1 heterocycles. The van der Waals surface area contributed by atoms with Crippen LogP contribution in [0.4, 0.5) is 0 Å². The smallest absolute Gasteiger partial charge is 0.0223 e. The van der Waals surface area contributed by atoms with Crippen molar-refractivity contribution in [3.63, 3.8) is 0 Å². The Bertz CT molecular complexity index is 225. The largest absolute Gasteiger partial charge is 0.311 e. The first-order valence-corrected chi connectivity index (χ1v) is 6.86. The molecule has 0 aromatic rings. The molecule has 3 atom stereocenters. The highest BCUT2D eigenvalue weighted by molar-refractivity contribution is 4.99. The third-order valence-corrected chi connectivity index (χ3v) is 4.44. The summed E-state index contributed by atoms with van der Waals surface area (Å²) in [5, 5.41) is 3.70. The van der Waals surface area contributed by atoms with E-state index in [2.05, 4.69) is 17.1 Å². The van der Waals surface area contributed by atoms with Gasteiger partial charge in [-0.1, -0.05) is 13.3 Å². The summed E-state index contributed by atoms with van der Waals surface area (Å²) in [6, 6.07) is 1.80. The molecule has 2 aliphatic carbocycles. The van der Waals surface area contributed by atoms with Gasteiger partial charge in [0.15, 0.2) is 0 Å². The molecule has 3 rings (SSSR count). The molecule has 0 radical (unpaired) electrons. The fraction of sp³-hybridized carbons (Fsp3) is 1.00. The van der Waals surface area contributed by atoms with Crippen molar-refractivity contribution in [2.75, 3.05) is 19.6 Å². The minimum absolute atomic E-state index is 0.835. The molecule has 2 heteroatoms. The van der Waals surface area contributed by atoms with Gasteiger partial charge in [-0.15, -0.1) is 0 Å². The van der Waals surface area contributed by atoms with E-state index < -0.39 is 0 Å². The van der Waals surface area contributed by atoms with Gasteiger partial charge >= 0.3 is 0 Å². The highest BCUT2D eigenvalue weighted by atomic mass is 15.3. The van der Waals surface area contributed by atoms with Crippen LogP contribution in [0.15, 0.2) is 0 Å². The lowest BCUT2D eigenvalue weighted by molar-refractivity contribution is 0.172. The van der Waals surface area contributed by atoms with E-state index in [1.54, 1.807) is 0 Å². The van der Waals surface area contributed by atoms with Gasteiger partial charge in [-0.3, -0.25) is 4.90 Å². The summed E-state index contributed by atoms with van der Waals surface area (Å²) < 4.78 is 0. The molecule has 3 unspecified atom stereocenters. The van der Waals surface area contributed by atoms with Crippen LogP contribution in [0.1, 0.15) is 39.0 Å². The Morgan fingerprint density at radius 2 is 2.20 bits per heavy atom. The van der Waals surface area contributed by atoms with Crippen LogP contribution in [0.2, 0.25) is 0 Å². The van der Waals surface area contributed by atoms with Gasteiger partial charge in [0, 0.05) is 31.7 Å². The van der Waals surface area contributed by atoms with Crippen molar-refractivity contribution >= 4 is 0 Å². The number of hydrogen-bond acceptors (Lipinski definition) is 2. The molecule has 1 N–H and O–H groups in total. The van der Waals surface area contributed by atoms with Crippen molar-refractivity contribution in [1.29, 1.82) is 0 Å². The number of piperazine rings is 1. The molecule has 2 nitrogen and oxygen atoms in total. The van der Waals surface area contributed by atoms with Crippen molar-refractivity contribution < 1.29 is 0 Å². The number of nitrogens with one attached hydrogen (secondary N) is 1. The first-order chi connectivity index (χ1) is 7.38. The third-order valence-electron chi connectivity index (χ3n) is 4.44. The Kier molecular flexibility index (Phi) is 2.73. The molecular formula is C13H24N2. The Labute approximate surface area is 93.4 Å². The molecule has 0 spiro atoms. The zero-order chi connectivity index (χ0) is 10.3. The van der Waals surface area contributed by atoms with Crippen molar-refractivity contribution in [2.45, 2.75) is 51.1 Å². The second kappa shape index (κ2) is 4.06. The summed E-state index contributed by atoms with van der Waals surface area (Å²) in [4.78, 5) is 2.78. The lowest BCUT2D eigenvalue weighted by atomic mass is 10.1. The Hall–Kier alpha value is -0.0800. The van der Waals surface area contributed by atoms with E-state index in [1.165, 1.54) is 51.7 Å². The molecule has 2 saturated carbocycles. The van der Waals surface area contributed by atoms with Crippen LogP contribution < -0.4 is 5.32 Å². The fourth-order valence-corrected chi connectivity index (χ4v) is 3.28. The summed E-state index contributed by atoms with van der Waals surface area (Å²) in [7, 11) is 0. The third kappa shape index (κ3) is 2.21. The Morgan fingerprint density at radius 1 is 1.33 bits per heavy atom. The molecule has 15 heavy (non-hydrogen) atoms. The summed E-state index contributed by atoms with van der Waals surface area (Å²) in [6.45, 7) is 6.19. The minimum atomic E-state index is 0.835. The van der Waals surface area contributed by atoms with E-state index >= 15 is 0 Å². The molecule has 0 amide bonds. The van der Waals surface area contributed by atoms with Crippen molar-refractivity contribution in [3.05, 3.63) is 0 Å². The molecule has 0 aromatic carbocycles. The Balaban J connectivity index is 1.49. The molecule has 3 aliphatic rings. The predicted octanol–water partition coefficient (Wildman–Crippen LogP) is 1.86. The number of nitrogens with zero attached hydrogens (tertiary/aromatic N) is 1. The molecule has 0 aromatic heterocycles. The van der Waals surface area contributed by atoms with E-state index in [-0.39, 0.29) is 0 Å². The molecule has 3 fully saturated rings. The second-order valence-electron chi connectivity index (χ2n) is 5.74. The van der Waals surface area contributed by atoms with Gasteiger partial charge in [-0.05, 0) is 37.5 Å². The van der Waals surface area contributed by atoms with E-state index in [0.717, 1.165) is 23.9 Å². The van der Waals surface area contributed by atoms with Crippen LogP contribution in [-0.2, 0) is 0 Å². The van der Waals surface area contributed by atoms with Crippen molar-refractivity contribution in [2.24, 2.45) is 11.8 Å². The molecule has 0 bridgehead atoms. The highest BCUT2D eigenvalue weighted by Crippen LogP contribution is 2.41. The SMILES string of the molecule is CCCC1CC1N1CCNC(C2CC2)C1. The predicted molar refractivity (Wildman–Crippen MR) is 62.9 cm³/mol. The zero-order valence-electron chi connectivity index (χ0n) is 9.91. The van der Waals surface area contributed by atoms with Gasteiger partial charge in [0.2, 0.25) is 0 Å². The molecule has 1 aliphatic heterocycles. The highest BCUT2D eigenvalue weighted by Gasteiger charge is 2.43. The average molecular weight is 208 g/mol. The second-order valence-corrected chi connectivity index (χ2v) is 5.74. The zero-order valence-corrected chi connectivity index (χ0v) is 9.91. The van der Waals surface area contributed by atoms with Crippen LogP contribution in [0.5, 0.6) is 0 Å². The summed E-state index contributed by atoms with van der Waals surface area (Å²) in [5.74, 6) is 2.07. The van der Waals surface area contributed by atoms with Gasteiger partial charge in [0.1, 0.15) is 0 Å². The standard InChI is InChI=1S/C13H24N2/c1-2-3-11-8-13(11)15-7-6-14-12(9-15)10-4-5-10/h10-14H,2-9H2,1H3. The van der Waals surface area contributed by atoms with Gasteiger partial charge in [0.05, 0.1) is 0 Å². The normalized spacial score (nSPS) is 41.8. The summed E-state index contributed by atoms with van der Waals surface area (Å²) >= 11 is 0. The number of hydrogen-bond donors (Lipinski definition) is 1. The van der Waals surface area contributed by atoms with Crippen LogP contribution in [0, 0.1) is 11.8 Å². The van der Waals surface area contributed by atoms with Crippen LogP contribution in [0.3, 0.4) is 0 Å². The van der Waals surface area contributed by atoms with E-state index in [1.807, 2.05) is 0 Å². The topological polar surface area (TPSA) is 15.3 Å². The van der Waals surface area contributed by atoms with Gasteiger partial charge in [-0.25, -0.2) is 0 Å². The summed E-state index contributed by atoms with van der Waals surface area (Å²) in [5.41, 5.74) is 0. The maximum Gasteiger partial charge on any atom is 0.0223 e. The van der Waals surface area contributed by atoms with Crippen LogP contribution in [0.25, 0.3) is 0 Å². The van der Waals surface area contributed by atoms with Crippen molar-refractivity contribution in [3.8, 4) is 0 Å². The fourth-order valence-electron chi connectivity index (χ4n) is 3.28. The van der Waals surface area contributed by atoms with E-state index in [9.17, 15) is 0 Å². The lowest BCUT2D eigenvalue weighted by Gasteiger charge is -2.34. The lowest BCUT2D eigenvalue weighted by Crippen LogP contribution is -2.52. The first kappa shape index (κ1) is 10.1. The van der Waals surface area contributed by atoms with Crippen molar-refractivity contribution in [1.82, 2.24) is 10.2 Å². The molecular weight excluding hydrogens is 184 g/mol. The molecule has 86 valence electrons. The van der Waals surface area contributed by atoms with Crippen LogP contribution >= 0.6 is 0 Å². The van der Waals surface area contributed by atoms with E-state index in [0.29, 0.717) is 0 Å². The van der Waals surface area contributed by atoms with Crippen LogP contribution in [-0.4, -0.2) is 36.6 Å². The van der Waals surface area contributed by atoms with E-state index in [4.69, 9.17) is 0 Å². The van der Waals surface area contributed by atoms with Gasteiger partial charge in [0.25, 0.3) is 0 Å². The number of rotatable bonds is 4. The minimum Gasteiger partial charge on any atom is -0.311 e. The van der Waals surface area contributed by atoms with Gasteiger partial charge < -0.3 is 5.32 Å². The molecule has 1 saturated heterocycles. The van der Waals surface area contributed by atoms with Gasteiger partial charge in [-0.2, -0.15) is 0 Å². The maximum atomic E-state index is 3.70. The average Bonchev–Trinajstić information content (AvgIpc) is 3.14. The summed E-state index contributed by atoms with van der Waals surface area (Å²) in [6.07, 6.45) is 7.29.